The summed E-state index contributed by atoms with van der Waals surface area (Å²) in [5.41, 5.74) is 1.84. The molecule has 6 heteroatoms. The smallest absolute Gasteiger partial charge is 0.243 e. The quantitative estimate of drug-likeness (QED) is 0.847. The molecule has 23 heavy (non-hydrogen) atoms. The summed E-state index contributed by atoms with van der Waals surface area (Å²) < 4.78 is 0.855. The first-order valence-electron chi connectivity index (χ1n) is 6.88. The highest BCUT2D eigenvalue weighted by Crippen LogP contribution is 2.16. The summed E-state index contributed by atoms with van der Waals surface area (Å²) in [6.45, 7) is -0.125. The number of hydrogen-bond acceptors (Lipinski definition) is 3. The minimum absolute atomic E-state index is 0.125. The normalized spacial score (nSPS) is 9.74. The number of nitrogens with zero attached hydrogens (tertiary/aromatic N) is 1. The topological polar surface area (TPSA) is 82.0 Å². The molecule has 0 spiro atoms. The number of amides is 2. The van der Waals surface area contributed by atoms with Crippen LogP contribution in [0.1, 0.15) is 11.1 Å². The monoisotopic (exact) mass is 371 g/mol. The first kappa shape index (κ1) is 16.7. The van der Waals surface area contributed by atoms with Crippen molar-refractivity contribution in [2.24, 2.45) is 0 Å². The number of halogens is 1. The van der Waals surface area contributed by atoms with Crippen LogP contribution in [-0.4, -0.2) is 18.4 Å². The molecular formula is C17H14BrN3O2. The molecule has 0 heterocycles. The number of nitrogens with one attached hydrogen (secondary N) is 2. The molecule has 0 radical (unpaired) electrons. The Kier molecular flexibility index (Phi) is 5.89. The van der Waals surface area contributed by atoms with E-state index in [0.717, 1.165) is 10.0 Å². The van der Waals surface area contributed by atoms with Crippen molar-refractivity contribution in [1.29, 1.82) is 5.26 Å². The van der Waals surface area contributed by atoms with Crippen molar-refractivity contribution in [3.05, 3.63) is 64.1 Å². The van der Waals surface area contributed by atoms with E-state index in [1.54, 1.807) is 24.3 Å². The molecule has 0 aliphatic rings. The Morgan fingerprint density at radius 1 is 1.09 bits per heavy atom. The van der Waals surface area contributed by atoms with E-state index in [1.807, 2.05) is 30.3 Å². The van der Waals surface area contributed by atoms with E-state index in [0.29, 0.717) is 11.3 Å². The molecule has 0 atom stereocenters. The maximum absolute atomic E-state index is 11.9. The molecule has 2 aromatic carbocycles. The predicted octanol–water partition coefficient (Wildman–Crippen LogP) is 2.62. The van der Waals surface area contributed by atoms with E-state index >= 15 is 0 Å². The van der Waals surface area contributed by atoms with Crippen LogP contribution in [0.4, 0.5) is 5.69 Å². The van der Waals surface area contributed by atoms with E-state index in [9.17, 15) is 9.59 Å². The highest BCUT2D eigenvalue weighted by Gasteiger charge is 2.09. The molecule has 116 valence electrons. The summed E-state index contributed by atoms with van der Waals surface area (Å²) in [5.74, 6) is -0.585. The largest absolute Gasteiger partial charge is 0.347 e. The second kappa shape index (κ2) is 8.11. The molecule has 0 saturated heterocycles. The molecule has 0 fully saturated rings. The Morgan fingerprint density at radius 2 is 1.87 bits per heavy atom. The zero-order valence-corrected chi connectivity index (χ0v) is 13.8. The van der Waals surface area contributed by atoms with E-state index in [2.05, 4.69) is 26.6 Å². The van der Waals surface area contributed by atoms with Gasteiger partial charge in [-0.05, 0) is 29.8 Å². The average molecular weight is 372 g/mol. The molecule has 0 aliphatic carbocycles. The van der Waals surface area contributed by atoms with Gasteiger partial charge in [0, 0.05) is 10.2 Å². The zero-order chi connectivity index (χ0) is 16.7. The van der Waals surface area contributed by atoms with Gasteiger partial charge in [0.2, 0.25) is 11.8 Å². The van der Waals surface area contributed by atoms with Crippen LogP contribution < -0.4 is 10.6 Å². The van der Waals surface area contributed by atoms with Crippen molar-refractivity contribution < 1.29 is 9.59 Å². The zero-order valence-electron chi connectivity index (χ0n) is 12.2. The van der Waals surface area contributed by atoms with E-state index < -0.39 is 0 Å². The van der Waals surface area contributed by atoms with Crippen LogP contribution >= 0.6 is 15.9 Å². The first-order valence-corrected chi connectivity index (χ1v) is 7.68. The van der Waals surface area contributed by atoms with Crippen LogP contribution in [0.15, 0.2) is 53.0 Å². The fourth-order valence-corrected chi connectivity index (χ4v) is 2.35. The van der Waals surface area contributed by atoms with Gasteiger partial charge in [0.15, 0.2) is 0 Å². The number of hydrogen-bond donors (Lipinski definition) is 2. The summed E-state index contributed by atoms with van der Waals surface area (Å²) in [7, 11) is 0. The van der Waals surface area contributed by atoms with Gasteiger partial charge in [-0.3, -0.25) is 9.59 Å². The Bertz CT molecular complexity index is 768. The summed E-state index contributed by atoms with van der Waals surface area (Å²) in [4.78, 5) is 23.7. The summed E-state index contributed by atoms with van der Waals surface area (Å²) in [6, 6.07) is 16.0. The second-order valence-electron chi connectivity index (χ2n) is 4.79. The number of carbonyl (C=O) groups is 2. The van der Waals surface area contributed by atoms with Crippen LogP contribution in [0, 0.1) is 11.3 Å². The Hall–Kier alpha value is -2.65. The number of rotatable bonds is 5. The molecule has 2 N–H and O–H groups in total. The summed E-state index contributed by atoms with van der Waals surface area (Å²) in [5, 5.41) is 14.0. The van der Waals surface area contributed by atoms with Gasteiger partial charge in [-0.1, -0.05) is 40.2 Å². The minimum atomic E-state index is -0.347. The van der Waals surface area contributed by atoms with Gasteiger partial charge in [-0.25, -0.2) is 0 Å². The molecule has 0 saturated carbocycles. The second-order valence-corrected chi connectivity index (χ2v) is 5.64. The van der Waals surface area contributed by atoms with E-state index in [1.165, 1.54) is 0 Å². The van der Waals surface area contributed by atoms with Crippen molar-refractivity contribution >= 4 is 33.4 Å². The van der Waals surface area contributed by atoms with E-state index in [4.69, 9.17) is 5.26 Å². The van der Waals surface area contributed by atoms with Crippen LogP contribution in [-0.2, 0) is 16.0 Å². The first-order chi connectivity index (χ1) is 11.1. The highest BCUT2D eigenvalue weighted by atomic mass is 79.9. The van der Waals surface area contributed by atoms with Gasteiger partial charge < -0.3 is 10.6 Å². The lowest BCUT2D eigenvalue weighted by Crippen LogP contribution is -2.33. The number of benzene rings is 2. The Labute approximate surface area is 142 Å². The highest BCUT2D eigenvalue weighted by molar-refractivity contribution is 9.10. The Balaban J connectivity index is 1.83. The minimum Gasteiger partial charge on any atom is -0.347 e. The average Bonchev–Trinajstić information content (AvgIpc) is 2.55. The van der Waals surface area contributed by atoms with Gasteiger partial charge in [0.25, 0.3) is 0 Å². The third kappa shape index (κ3) is 5.24. The predicted molar refractivity (Wildman–Crippen MR) is 90.6 cm³/mol. The van der Waals surface area contributed by atoms with Gasteiger partial charge in [-0.15, -0.1) is 0 Å². The van der Waals surface area contributed by atoms with Crippen molar-refractivity contribution in [3.63, 3.8) is 0 Å². The van der Waals surface area contributed by atoms with Gasteiger partial charge in [0.1, 0.15) is 0 Å². The summed E-state index contributed by atoms with van der Waals surface area (Å²) in [6.07, 6.45) is 0.193. The van der Waals surface area contributed by atoms with Gasteiger partial charge in [-0.2, -0.15) is 5.26 Å². The van der Waals surface area contributed by atoms with Crippen LogP contribution in [0.5, 0.6) is 0 Å². The molecule has 0 aliphatic heterocycles. The SMILES string of the molecule is N#Cc1cccc(NC(=O)CNC(=O)Cc2ccccc2Br)c1. The maximum atomic E-state index is 11.9. The molecule has 2 rings (SSSR count). The van der Waals surface area contributed by atoms with E-state index in [-0.39, 0.29) is 24.8 Å². The van der Waals surface area contributed by atoms with Crippen LogP contribution in [0.25, 0.3) is 0 Å². The standard InChI is InChI=1S/C17H14BrN3O2/c18-15-7-2-1-5-13(15)9-16(22)20-11-17(23)21-14-6-3-4-12(8-14)10-19/h1-8H,9,11H2,(H,20,22)(H,21,23). The molecule has 2 amide bonds. The third-order valence-electron chi connectivity index (χ3n) is 3.03. The summed E-state index contributed by atoms with van der Waals surface area (Å²) >= 11 is 3.38. The van der Waals surface area contributed by atoms with Gasteiger partial charge in [0.05, 0.1) is 24.6 Å². The van der Waals surface area contributed by atoms with Crippen molar-refractivity contribution in [1.82, 2.24) is 5.32 Å². The molecule has 0 bridgehead atoms. The lowest BCUT2D eigenvalue weighted by molar-refractivity contribution is -0.123. The van der Waals surface area contributed by atoms with Crippen molar-refractivity contribution in [2.75, 3.05) is 11.9 Å². The fourth-order valence-electron chi connectivity index (χ4n) is 1.93. The third-order valence-corrected chi connectivity index (χ3v) is 3.80. The van der Waals surface area contributed by atoms with Crippen molar-refractivity contribution in [2.45, 2.75) is 6.42 Å². The number of nitriles is 1. The maximum Gasteiger partial charge on any atom is 0.243 e. The number of anilines is 1. The van der Waals surface area contributed by atoms with Crippen LogP contribution in [0.2, 0.25) is 0 Å². The fraction of sp³-hybridized carbons (Fsp3) is 0.118. The molecule has 5 nitrogen and oxygen atoms in total. The van der Waals surface area contributed by atoms with Crippen LogP contribution in [0.3, 0.4) is 0 Å². The Morgan fingerprint density at radius 3 is 2.61 bits per heavy atom. The molecule has 0 unspecified atom stereocenters. The van der Waals surface area contributed by atoms with Gasteiger partial charge >= 0.3 is 0 Å². The lowest BCUT2D eigenvalue weighted by atomic mass is 10.1. The molecule has 0 aromatic heterocycles. The molecular weight excluding hydrogens is 358 g/mol. The van der Waals surface area contributed by atoms with Crippen molar-refractivity contribution in [3.8, 4) is 6.07 Å². The molecule has 2 aromatic rings. The number of carbonyl (C=O) groups excluding carboxylic acids is 2. The lowest BCUT2D eigenvalue weighted by Gasteiger charge is -2.08.